The first-order valence-electron chi connectivity index (χ1n) is 8.47. The average Bonchev–Trinajstić information content (AvgIpc) is 2.61. The minimum atomic E-state index is 0.400. The van der Waals surface area contributed by atoms with E-state index in [1.165, 1.54) is 11.1 Å². The van der Waals surface area contributed by atoms with Gasteiger partial charge in [-0.1, -0.05) is 24.3 Å². The van der Waals surface area contributed by atoms with Gasteiger partial charge in [0, 0.05) is 18.3 Å². The minimum absolute atomic E-state index is 0.400. The number of rotatable bonds is 7. The van der Waals surface area contributed by atoms with E-state index < -0.39 is 0 Å². The Labute approximate surface area is 150 Å². The van der Waals surface area contributed by atoms with E-state index in [2.05, 4.69) is 54.3 Å². The standard InChI is InChI=1S/C20H28N4O/c1-15(2)24(3)14-17-8-6-5-7-16(17)13-22-20(21)23-18-9-11-19(25-4)12-10-18/h5-12,15H,13-14H2,1-4H3,(H3,21,22,23). The Morgan fingerprint density at radius 1 is 1.12 bits per heavy atom. The molecule has 0 fully saturated rings. The molecule has 0 atom stereocenters. The number of methoxy groups -OCH3 is 1. The minimum Gasteiger partial charge on any atom is -0.497 e. The van der Waals surface area contributed by atoms with Crippen molar-refractivity contribution in [1.29, 1.82) is 0 Å². The second-order valence-corrected chi connectivity index (χ2v) is 6.33. The molecule has 134 valence electrons. The van der Waals surface area contributed by atoms with Gasteiger partial charge in [0.15, 0.2) is 5.96 Å². The summed E-state index contributed by atoms with van der Waals surface area (Å²) in [6.45, 7) is 5.83. The molecule has 0 saturated heterocycles. The van der Waals surface area contributed by atoms with Crippen LogP contribution in [0.15, 0.2) is 53.5 Å². The summed E-state index contributed by atoms with van der Waals surface area (Å²) in [5.41, 5.74) is 9.37. The normalized spacial score (nSPS) is 11.8. The Kier molecular flexibility index (Phi) is 6.83. The Morgan fingerprint density at radius 3 is 2.36 bits per heavy atom. The van der Waals surface area contributed by atoms with E-state index >= 15 is 0 Å². The molecule has 0 amide bonds. The van der Waals surface area contributed by atoms with Gasteiger partial charge in [0.25, 0.3) is 0 Å². The molecule has 2 aromatic carbocycles. The maximum atomic E-state index is 6.02. The molecule has 5 heteroatoms. The summed E-state index contributed by atoms with van der Waals surface area (Å²) < 4.78 is 5.15. The molecule has 5 nitrogen and oxygen atoms in total. The van der Waals surface area contributed by atoms with Gasteiger partial charge >= 0.3 is 0 Å². The molecule has 0 saturated carbocycles. The second kappa shape index (κ2) is 9.08. The van der Waals surface area contributed by atoms with Gasteiger partial charge in [-0.15, -0.1) is 0 Å². The highest BCUT2D eigenvalue weighted by Gasteiger charge is 2.08. The number of nitrogens with two attached hydrogens (primary N) is 1. The lowest BCUT2D eigenvalue weighted by Crippen LogP contribution is -2.26. The van der Waals surface area contributed by atoms with Gasteiger partial charge in [0.2, 0.25) is 0 Å². The molecule has 0 aliphatic heterocycles. The summed E-state index contributed by atoms with van der Waals surface area (Å²) in [5, 5.41) is 3.10. The number of hydrogen-bond acceptors (Lipinski definition) is 3. The molecule has 0 aromatic heterocycles. The molecule has 0 unspecified atom stereocenters. The lowest BCUT2D eigenvalue weighted by Gasteiger charge is -2.22. The first-order valence-corrected chi connectivity index (χ1v) is 8.47. The van der Waals surface area contributed by atoms with Crippen molar-refractivity contribution in [3.63, 3.8) is 0 Å². The number of benzene rings is 2. The number of ether oxygens (including phenoxy) is 1. The third kappa shape index (κ3) is 5.80. The third-order valence-corrected chi connectivity index (χ3v) is 4.20. The quantitative estimate of drug-likeness (QED) is 0.598. The second-order valence-electron chi connectivity index (χ2n) is 6.33. The van der Waals surface area contributed by atoms with Crippen LogP contribution in [-0.4, -0.2) is 31.1 Å². The highest BCUT2D eigenvalue weighted by atomic mass is 16.5. The Hall–Kier alpha value is -2.53. The van der Waals surface area contributed by atoms with Crippen molar-refractivity contribution in [3.8, 4) is 5.75 Å². The number of guanidine groups is 1. The topological polar surface area (TPSA) is 62.9 Å². The average molecular weight is 340 g/mol. The Bertz CT molecular complexity index is 695. The van der Waals surface area contributed by atoms with E-state index in [0.717, 1.165) is 18.0 Å². The summed E-state index contributed by atoms with van der Waals surface area (Å²) in [7, 11) is 3.77. The molecule has 0 aliphatic rings. The largest absolute Gasteiger partial charge is 0.497 e. The van der Waals surface area contributed by atoms with Crippen molar-refractivity contribution in [2.45, 2.75) is 33.0 Å². The van der Waals surface area contributed by atoms with Crippen LogP contribution in [0.5, 0.6) is 5.75 Å². The van der Waals surface area contributed by atoms with E-state index in [1.807, 2.05) is 30.3 Å². The number of anilines is 1. The lowest BCUT2D eigenvalue weighted by molar-refractivity contribution is 0.265. The van der Waals surface area contributed by atoms with Gasteiger partial charge in [-0.2, -0.15) is 0 Å². The highest BCUT2D eigenvalue weighted by Crippen LogP contribution is 2.16. The van der Waals surface area contributed by atoms with Crippen molar-refractivity contribution in [2.24, 2.45) is 10.7 Å². The Balaban J connectivity index is 2.02. The van der Waals surface area contributed by atoms with Crippen LogP contribution in [0.3, 0.4) is 0 Å². The summed E-state index contributed by atoms with van der Waals surface area (Å²) >= 11 is 0. The van der Waals surface area contributed by atoms with Gasteiger partial charge in [-0.05, 0) is 56.3 Å². The number of nitrogens with one attached hydrogen (secondary N) is 1. The third-order valence-electron chi connectivity index (χ3n) is 4.20. The number of nitrogens with zero attached hydrogens (tertiary/aromatic N) is 2. The van der Waals surface area contributed by atoms with Gasteiger partial charge in [-0.3, -0.25) is 4.90 Å². The maximum absolute atomic E-state index is 6.02. The van der Waals surface area contributed by atoms with Crippen molar-refractivity contribution < 1.29 is 4.74 Å². The zero-order valence-corrected chi connectivity index (χ0v) is 15.5. The molecular formula is C20H28N4O. The van der Waals surface area contributed by atoms with Crippen LogP contribution in [0.4, 0.5) is 5.69 Å². The van der Waals surface area contributed by atoms with Gasteiger partial charge < -0.3 is 15.8 Å². The van der Waals surface area contributed by atoms with E-state index in [4.69, 9.17) is 10.5 Å². The molecule has 0 radical (unpaired) electrons. The zero-order valence-electron chi connectivity index (χ0n) is 15.5. The van der Waals surface area contributed by atoms with Crippen LogP contribution >= 0.6 is 0 Å². The number of aliphatic imine (C=N–C) groups is 1. The van der Waals surface area contributed by atoms with Crippen LogP contribution in [0, 0.1) is 0 Å². The van der Waals surface area contributed by atoms with E-state index in [0.29, 0.717) is 18.5 Å². The highest BCUT2D eigenvalue weighted by molar-refractivity contribution is 5.92. The fraction of sp³-hybridized carbons (Fsp3) is 0.350. The van der Waals surface area contributed by atoms with Crippen LogP contribution in [0.2, 0.25) is 0 Å². The van der Waals surface area contributed by atoms with Crippen LogP contribution in [0.1, 0.15) is 25.0 Å². The van der Waals surface area contributed by atoms with E-state index in [1.54, 1.807) is 7.11 Å². The summed E-state index contributed by atoms with van der Waals surface area (Å²) in [4.78, 5) is 6.79. The van der Waals surface area contributed by atoms with E-state index in [-0.39, 0.29) is 0 Å². The van der Waals surface area contributed by atoms with Gasteiger partial charge in [-0.25, -0.2) is 4.99 Å². The van der Waals surface area contributed by atoms with Crippen molar-refractivity contribution >= 4 is 11.6 Å². The Morgan fingerprint density at radius 2 is 1.76 bits per heavy atom. The smallest absolute Gasteiger partial charge is 0.193 e. The molecule has 0 bridgehead atoms. The first-order chi connectivity index (χ1) is 12.0. The van der Waals surface area contributed by atoms with E-state index in [9.17, 15) is 0 Å². The molecule has 2 aromatic rings. The molecule has 25 heavy (non-hydrogen) atoms. The monoisotopic (exact) mass is 340 g/mol. The summed E-state index contributed by atoms with van der Waals surface area (Å²) in [5.74, 6) is 1.21. The fourth-order valence-corrected chi connectivity index (χ4v) is 2.35. The van der Waals surface area contributed by atoms with Crippen LogP contribution < -0.4 is 15.8 Å². The van der Waals surface area contributed by atoms with Gasteiger partial charge in [0.1, 0.15) is 5.75 Å². The molecule has 0 heterocycles. The first kappa shape index (κ1) is 18.8. The maximum Gasteiger partial charge on any atom is 0.193 e. The molecule has 3 N–H and O–H groups in total. The SMILES string of the molecule is COc1ccc(NC(N)=NCc2ccccc2CN(C)C(C)C)cc1. The molecule has 0 spiro atoms. The summed E-state index contributed by atoms with van der Waals surface area (Å²) in [6.07, 6.45) is 0. The van der Waals surface area contributed by atoms with Crippen LogP contribution in [-0.2, 0) is 13.1 Å². The van der Waals surface area contributed by atoms with Gasteiger partial charge in [0.05, 0.1) is 13.7 Å². The predicted octanol–water partition coefficient (Wildman–Crippen LogP) is 3.46. The molecular weight excluding hydrogens is 312 g/mol. The molecule has 0 aliphatic carbocycles. The van der Waals surface area contributed by atoms with Crippen molar-refractivity contribution in [3.05, 3.63) is 59.7 Å². The number of hydrogen-bond donors (Lipinski definition) is 2. The zero-order chi connectivity index (χ0) is 18.2. The predicted molar refractivity (Wildman–Crippen MR) is 105 cm³/mol. The van der Waals surface area contributed by atoms with Crippen molar-refractivity contribution in [1.82, 2.24) is 4.90 Å². The summed E-state index contributed by atoms with van der Waals surface area (Å²) in [6, 6.07) is 16.4. The van der Waals surface area contributed by atoms with Crippen LogP contribution in [0.25, 0.3) is 0 Å². The lowest BCUT2D eigenvalue weighted by atomic mass is 10.1. The fourth-order valence-electron chi connectivity index (χ4n) is 2.35. The molecule has 2 rings (SSSR count). The van der Waals surface area contributed by atoms with Crippen molar-refractivity contribution in [2.75, 3.05) is 19.5 Å².